The molecule has 47 nitrogen and oxygen atoms in total. The molecule has 12 amide bonds. The number of para-hydroxylation sites is 1. The molecule has 145 heavy (non-hydrogen) atoms. The fraction of sp³-hybridized carbons (Fsp3) is 0.633. The van der Waals surface area contributed by atoms with E-state index in [0.29, 0.717) is 48.1 Å². The number of ether oxygens (including phenoxy) is 8. The zero-order valence-corrected chi connectivity index (χ0v) is 83.7. The van der Waals surface area contributed by atoms with Gasteiger partial charge in [-0.1, -0.05) is 159 Å². The number of aliphatic hydroxyl groups excluding tert-OH is 11. The number of primary amides is 1. The molecule has 6 aliphatic heterocycles. The van der Waals surface area contributed by atoms with Crippen molar-refractivity contribution in [3.63, 3.8) is 0 Å². The third-order valence-electron chi connectivity index (χ3n) is 27.5. The third-order valence-corrected chi connectivity index (χ3v) is 27.5. The lowest BCUT2D eigenvalue weighted by Gasteiger charge is -2.48. The fourth-order valence-electron chi connectivity index (χ4n) is 19.2. The van der Waals surface area contributed by atoms with Crippen molar-refractivity contribution in [2.75, 3.05) is 57.8 Å². The van der Waals surface area contributed by atoms with Crippen molar-refractivity contribution in [1.82, 2.24) is 52.0 Å². The lowest BCUT2D eigenvalue weighted by Crippen LogP contribution is -2.69. The number of likely N-dealkylation sites (tertiary alicyclic amines) is 1. The first-order valence-corrected chi connectivity index (χ1v) is 48.8. The molecule has 0 aliphatic carbocycles. The largest absolute Gasteiger partial charge is 0.477 e. The molecule has 4 aromatic rings. The van der Waals surface area contributed by atoms with Gasteiger partial charge in [0.05, 0.1) is 74.6 Å². The predicted octanol–water partition coefficient (Wildman–Crippen LogP) is -0.203. The maximum absolute atomic E-state index is 14.9. The summed E-state index contributed by atoms with van der Waals surface area (Å²) in [5, 5.41) is 162. The minimum atomic E-state index is -2.96. The van der Waals surface area contributed by atoms with Gasteiger partial charge in [-0.15, -0.1) is 0 Å². The Balaban J connectivity index is 0.736. The van der Waals surface area contributed by atoms with E-state index < -0.39 is 292 Å². The van der Waals surface area contributed by atoms with Gasteiger partial charge in [0.15, 0.2) is 18.8 Å². The van der Waals surface area contributed by atoms with Crippen molar-refractivity contribution in [1.29, 1.82) is 0 Å². The Kier molecular flexibility index (Phi) is 41.8. The standard InChI is InChI=1S/C98H143N15O32/c1-15-50(8)72(64(138-13)41-69(119)111-40-24-32-62(111)84(139-14)51(9)87(127)101-52(10)85(55-25-17-16-18-26-55)144-94-82(125)80(123)77(120)65(44-114)143-94)107-90(130)71(48(4)5)106-91(131)75(49(6)7)110(12)97(137)140-45-54-33-35-57(36-34-54)103-88(128)60(30-23-39-100-96(99)136)104-89(129)70(47(2)3)105-67(117)37-38-68(118)112-43-56-27-19-20-28-58(56)73-76(59-29-21-22-31-61(59)112)113(109-108-73)92(132)83(126)86-74(102-53(11)115)63(116)42-98(145-86,95(134)135)141-46-66-78(121)79(122)81(124)93(133)142-66/h16-22,25-29,31,33-36,47-52,60,62-66,70-86,92-94,114,116,120-126,132-133H,15,23-24,30,32,37-46H2,1-14H3,(H,101,127)(H,102,115)(H,103,128)(H,104,129)(H,105,117)(H,106,131)(H,107,130)(H,134,135)(H3,99,100,136). The number of carbonyl (C=O) groups is 12. The molecule has 4 aromatic carbocycles. The van der Waals surface area contributed by atoms with Crippen molar-refractivity contribution < 1.29 is 157 Å². The lowest BCUT2D eigenvalue weighted by molar-refractivity contribution is -0.336. The molecule has 802 valence electrons. The van der Waals surface area contributed by atoms with Gasteiger partial charge in [-0.05, 0) is 96.7 Å². The first-order chi connectivity index (χ1) is 68.7. The maximum atomic E-state index is 14.9. The average Bonchev–Trinajstić information content (AvgIpc) is 1.63. The van der Waals surface area contributed by atoms with Crippen LogP contribution in [-0.4, -0.2) is 347 Å². The molecule has 6 heterocycles. The van der Waals surface area contributed by atoms with Crippen LogP contribution in [0, 0.1) is 29.6 Å². The van der Waals surface area contributed by atoms with Gasteiger partial charge in [0.25, 0.3) is 5.79 Å². The van der Waals surface area contributed by atoms with Gasteiger partial charge in [-0.3, -0.25) is 48.1 Å². The van der Waals surface area contributed by atoms with Gasteiger partial charge < -0.3 is 157 Å². The van der Waals surface area contributed by atoms with Crippen molar-refractivity contribution >= 4 is 82.6 Å². The number of likely N-dealkylation sites (N-methyl/N-ethyl adjacent to an activating group) is 1. The Morgan fingerprint density at radius 1 is 0.676 bits per heavy atom. The summed E-state index contributed by atoms with van der Waals surface area (Å²) >= 11 is 0. The maximum Gasteiger partial charge on any atom is 0.410 e. The van der Waals surface area contributed by atoms with E-state index in [0.717, 1.165) is 16.8 Å². The Bertz CT molecular complexity index is 5070. The number of aliphatic carboxylic acids is 1. The van der Waals surface area contributed by atoms with E-state index >= 15 is 0 Å². The van der Waals surface area contributed by atoms with E-state index in [1.54, 1.807) is 151 Å². The van der Waals surface area contributed by atoms with E-state index in [9.17, 15) is 119 Å². The minimum absolute atomic E-state index is 0.00673. The highest BCUT2D eigenvalue weighted by molar-refractivity contribution is 6.00. The van der Waals surface area contributed by atoms with Crippen LogP contribution in [0.1, 0.15) is 180 Å². The summed E-state index contributed by atoms with van der Waals surface area (Å²) in [5.41, 5.74) is 8.08. The first kappa shape index (κ1) is 116. The highest BCUT2D eigenvalue weighted by atomic mass is 16.7. The number of amides is 12. The molecule has 0 spiro atoms. The summed E-state index contributed by atoms with van der Waals surface area (Å²) in [4.78, 5) is 172. The summed E-state index contributed by atoms with van der Waals surface area (Å²) in [5.74, 6) is -13.5. The van der Waals surface area contributed by atoms with Crippen LogP contribution in [0.3, 0.4) is 0 Å². The summed E-state index contributed by atoms with van der Waals surface area (Å²) in [6.07, 6.45) is -30.3. The van der Waals surface area contributed by atoms with Crippen molar-refractivity contribution in [2.45, 2.75) is 318 Å². The van der Waals surface area contributed by atoms with Gasteiger partial charge in [-0.25, -0.2) is 19.4 Å². The topological polar surface area (TPSA) is 681 Å². The fourth-order valence-corrected chi connectivity index (χ4v) is 19.2. The van der Waals surface area contributed by atoms with Crippen LogP contribution >= 0.6 is 0 Å². The van der Waals surface area contributed by atoms with Gasteiger partial charge >= 0.3 is 18.1 Å². The Hall–Kier alpha value is -11.2. The van der Waals surface area contributed by atoms with Crippen LogP contribution < -0.4 is 53.2 Å². The van der Waals surface area contributed by atoms with E-state index in [1.165, 1.54) is 38.3 Å². The number of methoxy groups -OCH3 is 2. The molecule has 4 saturated heterocycles. The summed E-state index contributed by atoms with van der Waals surface area (Å²) in [7, 11) is 4.25. The number of hydrogen-bond donors (Lipinski definition) is 21. The molecular formula is C98H143N15O32. The monoisotopic (exact) mass is 2040 g/mol. The molecule has 0 aromatic heterocycles. The van der Waals surface area contributed by atoms with Gasteiger partial charge in [0.2, 0.25) is 53.2 Å². The average molecular weight is 2040 g/mol. The number of carboxylic acid groups (broad SMARTS) is 1. The number of anilines is 2. The normalized spacial score (nSPS) is 26.7. The minimum Gasteiger partial charge on any atom is -0.477 e. The van der Waals surface area contributed by atoms with E-state index in [4.69, 9.17) is 43.6 Å². The van der Waals surface area contributed by atoms with Crippen LogP contribution in [-0.2, 0) is 99.0 Å². The number of carbonyl (C=O) groups excluding carboxylic acids is 11. The zero-order chi connectivity index (χ0) is 107. The van der Waals surface area contributed by atoms with Gasteiger partial charge in [0, 0.05) is 77.5 Å². The number of fused-ring (bicyclic) bond motifs is 5. The second kappa shape index (κ2) is 52.4. The molecular weight excluding hydrogens is 1900 g/mol. The van der Waals surface area contributed by atoms with Crippen LogP contribution in [0.5, 0.6) is 0 Å². The van der Waals surface area contributed by atoms with Crippen LogP contribution in [0.4, 0.5) is 21.0 Å². The zero-order valence-electron chi connectivity index (χ0n) is 83.7. The SMILES string of the molecule is CCC(C)C(NC(=O)C(NC(=O)C(C(C)C)N(C)C(=O)OCc1ccc(NC(=O)C(CCCNC(N)=O)NC(=O)C(NC(=O)CCC(=O)N2Cc3ccccc3C3N=NN(C(O)C(O)C4OC(OCC5OC(O)C(O)C(O)C5O)(C(=O)O)CC(O)C4NC(C)=O)C3c3ccccc32)C(C)C)cc1)C(C)C)C(CC(=O)N1CCCC1C(OC)C(C)C(=O)NC(C)C(OC1OC(CO)C(O)C(O)C1O)c1ccccc1)OC. The third kappa shape index (κ3) is 28.4. The molecule has 0 radical (unpaired) electrons. The summed E-state index contributed by atoms with van der Waals surface area (Å²) in [6, 6.07) is 16.1. The van der Waals surface area contributed by atoms with E-state index in [-0.39, 0.29) is 67.7 Å². The lowest BCUT2D eigenvalue weighted by atomic mass is 9.86. The molecule has 30 unspecified atom stereocenters. The Morgan fingerprint density at radius 3 is 1.94 bits per heavy atom. The number of urea groups is 1. The second-order valence-electron chi connectivity index (χ2n) is 38.8. The highest BCUT2D eigenvalue weighted by Crippen LogP contribution is 2.50. The van der Waals surface area contributed by atoms with E-state index in [2.05, 4.69) is 52.9 Å². The summed E-state index contributed by atoms with van der Waals surface area (Å²) < 4.78 is 46.6. The van der Waals surface area contributed by atoms with Crippen LogP contribution in [0.2, 0.25) is 0 Å². The quantitative estimate of drug-likeness (QED) is 0.0255. The number of nitrogens with one attached hydrogen (secondary N) is 8. The molecule has 0 saturated carbocycles. The first-order valence-electron chi connectivity index (χ1n) is 48.8. The Morgan fingerprint density at radius 2 is 1.31 bits per heavy atom. The molecule has 47 heteroatoms. The Labute approximate surface area is 839 Å². The van der Waals surface area contributed by atoms with Crippen molar-refractivity contribution in [3.8, 4) is 0 Å². The number of aliphatic hydroxyl groups is 11. The number of benzene rings is 4. The number of rotatable bonds is 46. The number of nitrogens with zero attached hydrogens (tertiary/aromatic N) is 6. The second-order valence-corrected chi connectivity index (χ2v) is 38.8. The molecule has 22 N–H and O–H groups in total. The molecule has 30 atom stereocenters. The van der Waals surface area contributed by atoms with Crippen molar-refractivity contribution in [3.05, 3.63) is 131 Å². The van der Waals surface area contributed by atoms with Gasteiger partial charge in [0.1, 0.15) is 110 Å². The van der Waals surface area contributed by atoms with Crippen molar-refractivity contribution in [2.24, 2.45) is 45.7 Å². The predicted molar refractivity (Wildman–Crippen MR) is 513 cm³/mol. The van der Waals surface area contributed by atoms with E-state index in [1.807, 2.05) is 13.8 Å². The summed E-state index contributed by atoms with van der Waals surface area (Å²) in [6.45, 7) is 16.6. The van der Waals surface area contributed by atoms with Crippen LogP contribution in [0.15, 0.2) is 113 Å². The molecule has 10 rings (SSSR count). The number of nitrogens with two attached hydrogens (primary N) is 1. The van der Waals surface area contributed by atoms with Gasteiger partial charge in [-0.2, -0.15) is 5.11 Å². The molecule has 6 aliphatic rings. The smallest absolute Gasteiger partial charge is 0.410 e. The number of hydrogen-bond acceptors (Lipinski definition) is 34. The van der Waals surface area contributed by atoms with Crippen LogP contribution in [0.25, 0.3) is 0 Å². The highest BCUT2D eigenvalue weighted by Gasteiger charge is 2.59. The number of carboxylic acids is 1. The molecule has 0 bridgehead atoms. The molecule has 4 fully saturated rings.